The summed E-state index contributed by atoms with van der Waals surface area (Å²) in [5, 5.41) is 2.83. The molecular formula is C18H20Cl6N4O4Si. The molecule has 0 bridgehead atoms. The van der Waals surface area contributed by atoms with E-state index in [-0.39, 0.29) is 23.4 Å². The zero-order valence-electron chi connectivity index (χ0n) is 17.7. The van der Waals surface area contributed by atoms with Crippen LogP contribution in [0, 0.1) is 0 Å². The third-order valence-electron chi connectivity index (χ3n) is 4.43. The van der Waals surface area contributed by atoms with E-state index >= 15 is 0 Å². The molecule has 0 radical (unpaired) electrons. The molecule has 182 valence electrons. The van der Waals surface area contributed by atoms with Crippen molar-refractivity contribution in [1.82, 2.24) is 20.3 Å². The Bertz CT molecular complexity index is 912. The van der Waals surface area contributed by atoms with Gasteiger partial charge in [0.15, 0.2) is 17.5 Å². The van der Waals surface area contributed by atoms with Gasteiger partial charge in [-0.05, 0) is 18.6 Å². The van der Waals surface area contributed by atoms with Crippen LogP contribution in [0.1, 0.15) is 28.4 Å². The third kappa shape index (κ3) is 8.03. The topological polar surface area (TPSA) is 95.5 Å². The van der Waals surface area contributed by atoms with E-state index in [1.54, 1.807) is 45.6 Å². The largest absolute Gasteiger partial charge is 0.500 e. The summed E-state index contributed by atoms with van der Waals surface area (Å²) in [6.07, 6.45) is 0.621. The van der Waals surface area contributed by atoms with Gasteiger partial charge < -0.3 is 18.6 Å². The third-order valence-corrected chi connectivity index (χ3v) is 8.27. The average Bonchev–Trinajstić information content (AvgIpc) is 2.78. The van der Waals surface area contributed by atoms with Gasteiger partial charge in [0.05, 0.1) is 0 Å². The molecule has 0 atom stereocenters. The summed E-state index contributed by atoms with van der Waals surface area (Å²) in [6, 6.07) is 6.99. The average molecular weight is 597 g/mol. The number of rotatable bonds is 9. The Morgan fingerprint density at radius 3 is 1.79 bits per heavy atom. The van der Waals surface area contributed by atoms with Crippen LogP contribution in [0.25, 0.3) is 11.4 Å². The van der Waals surface area contributed by atoms with Gasteiger partial charge in [0.25, 0.3) is 5.91 Å². The van der Waals surface area contributed by atoms with Crippen LogP contribution in [0.2, 0.25) is 6.04 Å². The van der Waals surface area contributed by atoms with Crippen molar-refractivity contribution in [3.8, 4) is 11.4 Å². The molecule has 2 aromatic rings. The zero-order chi connectivity index (χ0) is 24.9. The number of halogens is 6. The van der Waals surface area contributed by atoms with Crippen LogP contribution in [-0.4, -0.2) is 57.5 Å². The molecule has 33 heavy (non-hydrogen) atoms. The van der Waals surface area contributed by atoms with Crippen LogP contribution in [0.15, 0.2) is 24.3 Å². The Morgan fingerprint density at radius 1 is 0.879 bits per heavy atom. The minimum Gasteiger partial charge on any atom is -0.377 e. The van der Waals surface area contributed by atoms with E-state index in [0.29, 0.717) is 30.1 Å². The van der Waals surface area contributed by atoms with Crippen molar-refractivity contribution in [2.45, 2.75) is 20.0 Å². The van der Waals surface area contributed by atoms with Crippen LogP contribution in [0.4, 0.5) is 0 Å². The summed E-state index contributed by atoms with van der Waals surface area (Å²) in [5.41, 5.74) is 0.917. The van der Waals surface area contributed by atoms with Gasteiger partial charge in [0, 0.05) is 45.0 Å². The van der Waals surface area contributed by atoms with E-state index in [1.165, 1.54) is 0 Å². The number of nitrogens with one attached hydrogen (secondary N) is 1. The predicted octanol–water partition coefficient (Wildman–Crippen LogP) is 5.19. The highest BCUT2D eigenvalue weighted by Crippen LogP contribution is 2.40. The summed E-state index contributed by atoms with van der Waals surface area (Å²) in [4.78, 5) is 24.7. The van der Waals surface area contributed by atoms with Crippen LogP contribution in [0.5, 0.6) is 0 Å². The fraction of sp³-hybridized carbons (Fsp3) is 0.444. The summed E-state index contributed by atoms with van der Waals surface area (Å²) >= 11 is 35.4. The van der Waals surface area contributed by atoms with Crippen LogP contribution < -0.4 is 5.32 Å². The second-order valence-electron chi connectivity index (χ2n) is 6.53. The molecule has 0 aliphatic carbocycles. The van der Waals surface area contributed by atoms with Crippen molar-refractivity contribution < 1.29 is 18.1 Å². The van der Waals surface area contributed by atoms with Crippen molar-refractivity contribution >= 4 is 84.3 Å². The lowest BCUT2D eigenvalue weighted by Crippen LogP contribution is -2.43. The highest BCUT2D eigenvalue weighted by molar-refractivity contribution is 6.67. The van der Waals surface area contributed by atoms with E-state index in [2.05, 4.69) is 20.3 Å². The van der Waals surface area contributed by atoms with Gasteiger partial charge in [-0.2, -0.15) is 0 Å². The van der Waals surface area contributed by atoms with Gasteiger partial charge in [0.2, 0.25) is 7.59 Å². The van der Waals surface area contributed by atoms with Gasteiger partial charge in [-0.25, -0.2) is 15.0 Å². The lowest BCUT2D eigenvalue weighted by atomic mass is 10.1. The fourth-order valence-corrected chi connectivity index (χ4v) is 4.92. The summed E-state index contributed by atoms with van der Waals surface area (Å²) in [5.74, 6) is -0.563. The molecule has 15 heteroatoms. The minimum atomic E-state index is -2.68. The number of aromatic nitrogens is 3. The van der Waals surface area contributed by atoms with E-state index in [1.807, 2.05) is 0 Å². The summed E-state index contributed by atoms with van der Waals surface area (Å²) in [6.45, 7) is 0.415. The molecule has 0 saturated heterocycles. The van der Waals surface area contributed by atoms with E-state index in [0.717, 1.165) is 0 Å². The second kappa shape index (κ2) is 12.0. The molecule has 0 saturated carbocycles. The molecule has 0 unspecified atom stereocenters. The van der Waals surface area contributed by atoms with Gasteiger partial charge in [-0.3, -0.25) is 4.79 Å². The fourth-order valence-electron chi connectivity index (χ4n) is 2.69. The van der Waals surface area contributed by atoms with Crippen molar-refractivity contribution in [3.63, 3.8) is 0 Å². The summed E-state index contributed by atoms with van der Waals surface area (Å²) in [7, 11) is 1.94. The molecule has 0 fully saturated rings. The Hall–Kier alpha value is -0.463. The number of carbonyl (C=O) groups is 1. The Balaban J connectivity index is 2.13. The predicted molar refractivity (Wildman–Crippen MR) is 132 cm³/mol. The number of carbonyl (C=O) groups excluding carboxylic acids is 1. The van der Waals surface area contributed by atoms with E-state index < -0.39 is 16.4 Å². The molecule has 2 rings (SSSR count). The summed E-state index contributed by atoms with van der Waals surface area (Å²) < 4.78 is 12.2. The number of nitrogens with zero attached hydrogens (tertiary/aromatic N) is 3. The zero-order valence-corrected chi connectivity index (χ0v) is 23.2. The van der Waals surface area contributed by atoms with Gasteiger partial charge >= 0.3 is 8.80 Å². The lowest BCUT2D eigenvalue weighted by Gasteiger charge is -2.24. The number of hydrogen-bond donors (Lipinski definition) is 1. The Morgan fingerprint density at radius 2 is 1.36 bits per heavy atom. The van der Waals surface area contributed by atoms with E-state index in [9.17, 15) is 4.79 Å². The highest BCUT2D eigenvalue weighted by Gasteiger charge is 2.37. The van der Waals surface area contributed by atoms with Crippen LogP contribution in [-0.2, 0) is 20.9 Å². The first kappa shape index (κ1) is 28.8. The first-order chi connectivity index (χ1) is 15.3. The maximum absolute atomic E-state index is 12.5. The number of amides is 1. The van der Waals surface area contributed by atoms with Crippen molar-refractivity contribution in [2.75, 3.05) is 27.9 Å². The number of benzene rings is 1. The van der Waals surface area contributed by atoms with Gasteiger partial charge in [0.1, 0.15) is 0 Å². The Kier molecular flexibility index (Phi) is 10.4. The maximum Gasteiger partial charge on any atom is 0.500 e. The first-order valence-corrected chi connectivity index (χ1v) is 13.5. The molecule has 1 N–H and O–H groups in total. The molecule has 0 spiro atoms. The smallest absolute Gasteiger partial charge is 0.377 e. The molecule has 1 aromatic heterocycles. The van der Waals surface area contributed by atoms with Gasteiger partial charge in [-0.1, -0.05) is 81.7 Å². The molecule has 8 nitrogen and oxygen atoms in total. The lowest BCUT2D eigenvalue weighted by molar-refractivity contribution is 0.0949. The van der Waals surface area contributed by atoms with Crippen LogP contribution >= 0.6 is 69.6 Å². The Labute approximate surface area is 222 Å². The van der Waals surface area contributed by atoms with Crippen molar-refractivity contribution in [2.24, 2.45) is 0 Å². The SMILES string of the molecule is CO[Si](CCCNC(=O)c1ccc(-c2nc(C(Cl)(Cl)Cl)nc(C(Cl)(Cl)Cl)n2)cc1)(OC)OC. The number of hydrogen-bond acceptors (Lipinski definition) is 7. The number of alkyl halides is 6. The second-order valence-corrected chi connectivity index (χ2v) is 14.2. The van der Waals surface area contributed by atoms with Gasteiger partial charge in [-0.15, -0.1) is 0 Å². The molecule has 0 aliphatic heterocycles. The molecule has 1 amide bonds. The minimum absolute atomic E-state index is 0.111. The monoisotopic (exact) mass is 594 g/mol. The normalized spacial score (nSPS) is 12.6. The molecule has 1 heterocycles. The quantitative estimate of drug-likeness (QED) is 0.242. The standard InChI is InChI=1S/C18H20Cl6N4O4Si/c1-30-33(31-2,32-3)10-4-9-25-14(29)12-7-5-11(6-8-12)13-26-15(17(19,20)21)28-16(27-13)18(22,23)24/h5-8H,4,9-10H2,1-3H3,(H,25,29). The highest BCUT2D eigenvalue weighted by atomic mass is 35.6. The molecule has 1 aromatic carbocycles. The first-order valence-electron chi connectivity index (χ1n) is 9.30. The molecular weight excluding hydrogens is 577 g/mol. The van der Waals surface area contributed by atoms with Crippen molar-refractivity contribution in [3.05, 3.63) is 41.5 Å². The van der Waals surface area contributed by atoms with E-state index in [4.69, 9.17) is 82.9 Å². The molecule has 0 aliphatic rings. The van der Waals surface area contributed by atoms with Crippen LogP contribution in [0.3, 0.4) is 0 Å². The maximum atomic E-state index is 12.5. The van der Waals surface area contributed by atoms with Crippen molar-refractivity contribution in [1.29, 1.82) is 0 Å².